The molecule has 2 N–H and O–H groups in total. The largest absolute Gasteiger partial charge is 0.478 e. The van der Waals surface area contributed by atoms with Crippen LogP contribution in [-0.4, -0.2) is 21.0 Å². The Bertz CT molecular complexity index is 1320. The molecule has 29 heavy (non-hydrogen) atoms. The van der Waals surface area contributed by atoms with Crippen LogP contribution in [0.3, 0.4) is 0 Å². The lowest BCUT2D eigenvalue weighted by Crippen LogP contribution is -1.97. The highest BCUT2D eigenvalue weighted by molar-refractivity contribution is 6.33. The fourth-order valence-corrected chi connectivity index (χ4v) is 3.17. The maximum atomic E-state index is 11.3. The summed E-state index contributed by atoms with van der Waals surface area (Å²) in [5, 5.41) is 19.0. The quantitative estimate of drug-likeness (QED) is 0.435. The Morgan fingerprint density at radius 3 is 2.83 bits per heavy atom. The molecular weight excluding hydrogens is 390 g/mol. The summed E-state index contributed by atoms with van der Waals surface area (Å²) in [5.74, 6) is 0.245. The van der Waals surface area contributed by atoms with Gasteiger partial charge in [-0.1, -0.05) is 17.7 Å². The molecule has 0 unspecified atom stereocenters. The Hall–Kier alpha value is -3.82. The van der Waals surface area contributed by atoms with E-state index in [1.807, 2.05) is 25.1 Å². The molecule has 4 rings (SSSR count). The SMILES string of the molecule is Cc1ccc2nc(/C(C#N)=C\c3ccc(-c4ccc(Cl)c(C(=O)O)c4)o3)[nH]c2c1. The van der Waals surface area contributed by atoms with Gasteiger partial charge in [-0.2, -0.15) is 5.26 Å². The molecule has 0 aliphatic carbocycles. The number of aromatic nitrogens is 2. The zero-order valence-corrected chi connectivity index (χ0v) is 16.0. The number of aromatic carboxylic acids is 1. The Morgan fingerprint density at radius 1 is 1.24 bits per heavy atom. The number of allylic oxidation sites excluding steroid dienone is 1. The van der Waals surface area contributed by atoms with Crippen LogP contribution in [0.2, 0.25) is 5.02 Å². The first-order valence-corrected chi connectivity index (χ1v) is 9.04. The molecule has 142 valence electrons. The van der Waals surface area contributed by atoms with E-state index in [0.717, 1.165) is 16.6 Å². The number of nitrogens with zero attached hydrogens (tertiary/aromatic N) is 2. The molecule has 0 fully saturated rings. The van der Waals surface area contributed by atoms with Crippen molar-refractivity contribution in [2.75, 3.05) is 0 Å². The number of nitrogens with one attached hydrogen (secondary N) is 1. The van der Waals surface area contributed by atoms with Crippen molar-refractivity contribution >= 4 is 40.3 Å². The summed E-state index contributed by atoms with van der Waals surface area (Å²) < 4.78 is 5.79. The van der Waals surface area contributed by atoms with Crippen LogP contribution in [0, 0.1) is 18.3 Å². The molecule has 2 aromatic heterocycles. The number of furan rings is 1. The van der Waals surface area contributed by atoms with Crippen molar-refractivity contribution in [1.29, 1.82) is 5.26 Å². The van der Waals surface area contributed by atoms with E-state index >= 15 is 0 Å². The van der Waals surface area contributed by atoms with Crippen LogP contribution >= 0.6 is 11.6 Å². The number of carboxylic acid groups (broad SMARTS) is 1. The molecule has 2 aromatic carbocycles. The van der Waals surface area contributed by atoms with Gasteiger partial charge in [-0.25, -0.2) is 9.78 Å². The summed E-state index contributed by atoms with van der Waals surface area (Å²) in [6, 6.07) is 16.0. The van der Waals surface area contributed by atoms with Crippen molar-refractivity contribution in [3.05, 3.63) is 76.3 Å². The summed E-state index contributed by atoms with van der Waals surface area (Å²) in [5.41, 5.74) is 3.60. The van der Waals surface area contributed by atoms with Gasteiger partial charge < -0.3 is 14.5 Å². The molecule has 0 atom stereocenters. The number of aryl methyl sites for hydroxylation is 1. The number of hydrogen-bond donors (Lipinski definition) is 2. The second-order valence-electron chi connectivity index (χ2n) is 6.48. The second kappa shape index (κ2) is 7.30. The number of carbonyl (C=O) groups is 1. The van der Waals surface area contributed by atoms with Gasteiger partial charge in [-0.3, -0.25) is 0 Å². The van der Waals surface area contributed by atoms with Crippen molar-refractivity contribution in [3.63, 3.8) is 0 Å². The monoisotopic (exact) mass is 403 g/mol. The molecule has 0 saturated heterocycles. The van der Waals surface area contributed by atoms with Gasteiger partial charge in [-0.05, 0) is 55.0 Å². The van der Waals surface area contributed by atoms with E-state index in [-0.39, 0.29) is 10.6 Å². The summed E-state index contributed by atoms with van der Waals surface area (Å²) in [4.78, 5) is 18.9. The minimum absolute atomic E-state index is 0.00654. The van der Waals surface area contributed by atoms with E-state index in [2.05, 4.69) is 16.0 Å². The third-order valence-corrected chi connectivity index (χ3v) is 4.74. The highest BCUT2D eigenvalue weighted by atomic mass is 35.5. The van der Waals surface area contributed by atoms with Crippen LogP contribution in [0.4, 0.5) is 0 Å². The van der Waals surface area contributed by atoms with Gasteiger partial charge in [0.25, 0.3) is 0 Å². The van der Waals surface area contributed by atoms with Gasteiger partial charge in [0.05, 0.1) is 27.2 Å². The number of fused-ring (bicyclic) bond motifs is 1. The summed E-state index contributed by atoms with van der Waals surface area (Å²) >= 11 is 5.92. The molecule has 0 aliphatic heterocycles. The minimum atomic E-state index is -1.12. The fraction of sp³-hybridized carbons (Fsp3) is 0.0455. The molecule has 6 nitrogen and oxygen atoms in total. The van der Waals surface area contributed by atoms with Crippen LogP contribution in [0.5, 0.6) is 0 Å². The average Bonchev–Trinajstić information content (AvgIpc) is 3.32. The second-order valence-corrected chi connectivity index (χ2v) is 6.88. The first-order valence-electron chi connectivity index (χ1n) is 8.66. The van der Waals surface area contributed by atoms with Crippen molar-refractivity contribution in [1.82, 2.24) is 9.97 Å². The Balaban J connectivity index is 1.69. The number of carboxylic acids is 1. The van der Waals surface area contributed by atoms with Crippen LogP contribution in [0.25, 0.3) is 34.0 Å². The lowest BCUT2D eigenvalue weighted by molar-refractivity contribution is 0.0697. The maximum Gasteiger partial charge on any atom is 0.337 e. The van der Waals surface area contributed by atoms with E-state index in [9.17, 15) is 15.2 Å². The Morgan fingerprint density at radius 2 is 2.07 bits per heavy atom. The average molecular weight is 404 g/mol. The van der Waals surface area contributed by atoms with E-state index in [0.29, 0.717) is 28.5 Å². The third-order valence-electron chi connectivity index (χ3n) is 4.41. The highest BCUT2D eigenvalue weighted by Gasteiger charge is 2.13. The number of halogens is 1. The number of imidazole rings is 1. The number of aromatic amines is 1. The topological polar surface area (TPSA) is 103 Å². The summed E-state index contributed by atoms with van der Waals surface area (Å²) in [6.45, 7) is 1.98. The predicted octanol–water partition coefficient (Wildman–Crippen LogP) is 5.55. The molecule has 0 saturated carbocycles. The molecule has 0 radical (unpaired) electrons. The molecule has 7 heteroatoms. The van der Waals surface area contributed by atoms with Gasteiger partial charge in [0, 0.05) is 11.6 Å². The zero-order chi connectivity index (χ0) is 20.5. The zero-order valence-electron chi connectivity index (χ0n) is 15.2. The number of nitriles is 1. The number of benzene rings is 2. The van der Waals surface area contributed by atoms with Crippen molar-refractivity contribution < 1.29 is 14.3 Å². The molecule has 0 spiro atoms. The van der Waals surface area contributed by atoms with Gasteiger partial charge in [-0.15, -0.1) is 0 Å². The lowest BCUT2D eigenvalue weighted by atomic mass is 10.1. The van der Waals surface area contributed by atoms with Gasteiger partial charge in [0.2, 0.25) is 0 Å². The molecular formula is C22H14ClN3O3. The van der Waals surface area contributed by atoms with E-state index in [1.54, 1.807) is 24.3 Å². The van der Waals surface area contributed by atoms with Gasteiger partial charge in [0.1, 0.15) is 23.4 Å². The smallest absolute Gasteiger partial charge is 0.337 e. The molecule has 2 heterocycles. The summed E-state index contributed by atoms with van der Waals surface area (Å²) in [7, 11) is 0. The first-order chi connectivity index (χ1) is 13.9. The molecule has 0 bridgehead atoms. The molecule has 0 amide bonds. The minimum Gasteiger partial charge on any atom is -0.478 e. The standard InChI is InChI=1S/C22H14ClN3O3/c1-12-2-6-18-19(8-12)26-21(25-18)14(11-24)9-15-4-7-20(29-15)13-3-5-17(23)16(10-13)22(27)28/h2-10H,1H3,(H,25,26)(H,27,28)/b14-9-. The normalized spacial score (nSPS) is 11.6. The number of hydrogen-bond acceptors (Lipinski definition) is 4. The van der Waals surface area contributed by atoms with Crippen LogP contribution in [0.15, 0.2) is 52.9 Å². The Labute approximate surface area is 170 Å². The van der Waals surface area contributed by atoms with Crippen molar-refractivity contribution in [2.24, 2.45) is 0 Å². The lowest BCUT2D eigenvalue weighted by Gasteiger charge is -2.02. The molecule has 4 aromatic rings. The van der Waals surface area contributed by atoms with Gasteiger partial charge >= 0.3 is 5.97 Å². The fourth-order valence-electron chi connectivity index (χ4n) is 2.97. The van der Waals surface area contributed by atoms with E-state index < -0.39 is 5.97 Å². The third kappa shape index (κ3) is 3.64. The maximum absolute atomic E-state index is 11.3. The van der Waals surface area contributed by atoms with Gasteiger partial charge in [0.15, 0.2) is 0 Å². The molecule has 0 aliphatic rings. The number of rotatable bonds is 4. The van der Waals surface area contributed by atoms with E-state index in [1.165, 1.54) is 12.1 Å². The van der Waals surface area contributed by atoms with Crippen molar-refractivity contribution in [2.45, 2.75) is 6.92 Å². The number of H-pyrrole nitrogens is 1. The highest BCUT2D eigenvalue weighted by Crippen LogP contribution is 2.28. The van der Waals surface area contributed by atoms with Crippen LogP contribution < -0.4 is 0 Å². The Kier molecular flexibility index (Phi) is 4.67. The summed E-state index contributed by atoms with van der Waals surface area (Å²) in [6.07, 6.45) is 1.59. The van der Waals surface area contributed by atoms with Crippen LogP contribution in [0.1, 0.15) is 27.5 Å². The van der Waals surface area contributed by atoms with E-state index in [4.69, 9.17) is 16.0 Å². The van der Waals surface area contributed by atoms with Crippen LogP contribution in [-0.2, 0) is 0 Å². The first kappa shape index (κ1) is 18.5. The van der Waals surface area contributed by atoms with Crippen molar-refractivity contribution in [3.8, 4) is 17.4 Å². The predicted molar refractivity (Wildman–Crippen MR) is 110 cm³/mol.